The van der Waals surface area contributed by atoms with E-state index in [2.05, 4.69) is 36.5 Å². The molecule has 0 fully saturated rings. The lowest BCUT2D eigenvalue weighted by Gasteiger charge is -2.09. The second-order valence-corrected chi connectivity index (χ2v) is 5.67. The molecule has 0 bridgehead atoms. The Morgan fingerprint density at radius 3 is 2.52 bits per heavy atom. The van der Waals surface area contributed by atoms with E-state index in [1.807, 2.05) is 54.6 Å². The van der Waals surface area contributed by atoms with E-state index < -0.39 is 0 Å². The van der Waals surface area contributed by atoms with Crippen molar-refractivity contribution in [2.45, 2.75) is 0 Å². The van der Waals surface area contributed by atoms with Crippen LogP contribution in [0.15, 0.2) is 65.3 Å². The van der Waals surface area contributed by atoms with Crippen LogP contribution in [0.4, 0.5) is 23.1 Å². The van der Waals surface area contributed by atoms with Gasteiger partial charge in [-0.05, 0) is 48.5 Å². The van der Waals surface area contributed by atoms with E-state index in [1.165, 1.54) is 0 Å². The van der Waals surface area contributed by atoms with Gasteiger partial charge in [0.1, 0.15) is 11.6 Å². The third-order valence-electron chi connectivity index (χ3n) is 3.10. The Labute approximate surface area is 142 Å². The van der Waals surface area contributed by atoms with Crippen molar-refractivity contribution in [3.8, 4) is 5.75 Å². The zero-order valence-electron chi connectivity index (χ0n) is 12.5. The summed E-state index contributed by atoms with van der Waals surface area (Å²) in [6.07, 6.45) is 1.71. The first-order chi connectivity index (χ1) is 11.2. The Kier molecular flexibility index (Phi) is 4.73. The van der Waals surface area contributed by atoms with Gasteiger partial charge in [-0.2, -0.15) is 4.98 Å². The highest BCUT2D eigenvalue weighted by molar-refractivity contribution is 9.10. The molecule has 0 spiro atoms. The minimum absolute atomic E-state index is 0.529. The quantitative estimate of drug-likeness (QED) is 0.679. The van der Waals surface area contributed by atoms with E-state index in [-0.39, 0.29) is 0 Å². The molecule has 23 heavy (non-hydrogen) atoms. The molecule has 2 aromatic carbocycles. The number of ether oxygens (including phenoxy) is 1. The molecule has 2 N–H and O–H groups in total. The Bertz CT molecular complexity index is 793. The van der Waals surface area contributed by atoms with Gasteiger partial charge < -0.3 is 15.4 Å². The van der Waals surface area contributed by atoms with Crippen LogP contribution in [0.2, 0.25) is 0 Å². The van der Waals surface area contributed by atoms with Gasteiger partial charge in [-0.25, -0.2) is 4.98 Å². The standard InChI is InChI=1S/C17H15BrN4O/c1-23-15-7-5-13(6-8-15)20-16-9-10-19-17(22-16)21-14-4-2-3-12(18)11-14/h2-11H,1H3,(H2,19,20,21,22). The predicted octanol–water partition coefficient (Wildman–Crippen LogP) is 4.73. The molecule has 3 rings (SSSR count). The third kappa shape index (κ3) is 4.20. The highest BCUT2D eigenvalue weighted by atomic mass is 79.9. The van der Waals surface area contributed by atoms with Gasteiger partial charge in [0.05, 0.1) is 7.11 Å². The summed E-state index contributed by atoms with van der Waals surface area (Å²) < 4.78 is 6.14. The van der Waals surface area contributed by atoms with E-state index in [0.29, 0.717) is 11.8 Å². The largest absolute Gasteiger partial charge is 0.497 e. The zero-order chi connectivity index (χ0) is 16.1. The van der Waals surface area contributed by atoms with E-state index in [0.717, 1.165) is 21.6 Å². The first kappa shape index (κ1) is 15.3. The van der Waals surface area contributed by atoms with Crippen LogP contribution in [-0.2, 0) is 0 Å². The van der Waals surface area contributed by atoms with Crippen molar-refractivity contribution in [1.82, 2.24) is 9.97 Å². The highest BCUT2D eigenvalue weighted by Crippen LogP contribution is 2.21. The summed E-state index contributed by atoms with van der Waals surface area (Å²) in [4.78, 5) is 8.69. The van der Waals surface area contributed by atoms with Crippen molar-refractivity contribution in [3.05, 3.63) is 65.3 Å². The summed E-state index contributed by atoms with van der Waals surface area (Å²) in [5.41, 5.74) is 1.85. The van der Waals surface area contributed by atoms with Crippen molar-refractivity contribution < 1.29 is 4.74 Å². The van der Waals surface area contributed by atoms with Gasteiger partial charge in [-0.15, -0.1) is 0 Å². The van der Waals surface area contributed by atoms with Gasteiger partial charge in [-0.3, -0.25) is 0 Å². The maximum atomic E-state index is 5.15. The van der Waals surface area contributed by atoms with E-state index in [4.69, 9.17) is 4.74 Å². The number of rotatable bonds is 5. The molecule has 0 atom stereocenters. The Hall–Kier alpha value is -2.60. The number of hydrogen-bond donors (Lipinski definition) is 2. The summed E-state index contributed by atoms with van der Waals surface area (Å²) >= 11 is 3.44. The van der Waals surface area contributed by atoms with Crippen LogP contribution in [-0.4, -0.2) is 17.1 Å². The Morgan fingerprint density at radius 2 is 1.78 bits per heavy atom. The Morgan fingerprint density at radius 1 is 0.957 bits per heavy atom. The fourth-order valence-electron chi connectivity index (χ4n) is 2.01. The smallest absolute Gasteiger partial charge is 0.229 e. The normalized spacial score (nSPS) is 10.2. The lowest BCUT2D eigenvalue weighted by Crippen LogP contribution is -2.00. The minimum atomic E-state index is 0.529. The van der Waals surface area contributed by atoms with Crippen LogP contribution < -0.4 is 15.4 Å². The minimum Gasteiger partial charge on any atom is -0.497 e. The topological polar surface area (TPSA) is 59.1 Å². The first-order valence-electron chi connectivity index (χ1n) is 7.00. The fraction of sp³-hybridized carbons (Fsp3) is 0.0588. The van der Waals surface area contributed by atoms with Crippen molar-refractivity contribution in [2.24, 2.45) is 0 Å². The van der Waals surface area contributed by atoms with Crippen molar-refractivity contribution >= 4 is 39.1 Å². The van der Waals surface area contributed by atoms with Crippen molar-refractivity contribution in [3.63, 3.8) is 0 Å². The molecule has 0 saturated heterocycles. The molecule has 1 aromatic heterocycles. The molecule has 1 heterocycles. The second kappa shape index (κ2) is 7.11. The lowest BCUT2D eigenvalue weighted by atomic mass is 10.3. The number of anilines is 4. The van der Waals surface area contributed by atoms with Crippen LogP contribution in [0.1, 0.15) is 0 Å². The van der Waals surface area contributed by atoms with Gasteiger partial charge in [0.25, 0.3) is 0 Å². The van der Waals surface area contributed by atoms with Crippen molar-refractivity contribution in [1.29, 1.82) is 0 Å². The summed E-state index contributed by atoms with van der Waals surface area (Å²) in [6.45, 7) is 0. The van der Waals surface area contributed by atoms with Crippen LogP contribution in [0.25, 0.3) is 0 Å². The molecular weight excluding hydrogens is 356 g/mol. The SMILES string of the molecule is COc1ccc(Nc2ccnc(Nc3cccc(Br)c3)n2)cc1. The Balaban J connectivity index is 1.74. The molecule has 6 heteroatoms. The molecule has 0 aliphatic rings. The maximum Gasteiger partial charge on any atom is 0.229 e. The van der Waals surface area contributed by atoms with Gasteiger partial charge in [0.2, 0.25) is 5.95 Å². The monoisotopic (exact) mass is 370 g/mol. The molecule has 3 aromatic rings. The fourth-order valence-corrected chi connectivity index (χ4v) is 2.41. The molecule has 0 aliphatic heterocycles. The number of aromatic nitrogens is 2. The summed E-state index contributed by atoms with van der Waals surface area (Å²) in [6, 6.07) is 17.3. The van der Waals surface area contributed by atoms with E-state index >= 15 is 0 Å². The molecular formula is C17H15BrN4O. The summed E-state index contributed by atoms with van der Waals surface area (Å²) in [7, 11) is 1.65. The number of benzene rings is 2. The number of nitrogens with zero attached hydrogens (tertiary/aromatic N) is 2. The van der Waals surface area contributed by atoms with Crippen LogP contribution >= 0.6 is 15.9 Å². The number of nitrogens with one attached hydrogen (secondary N) is 2. The molecule has 5 nitrogen and oxygen atoms in total. The van der Waals surface area contributed by atoms with Crippen LogP contribution in [0, 0.1) is 0 Å². The lowest BCUT2D eigenvalue weighted by molar-refractivity contribution is 0.415. The average Bonchev–Trinajstić information content (AvgIpc) is 2.56. The number of halogens is 1. The van der Waals surface area contributed by atoms with Gasteiger partial charge >= 0.3 is 0 Å². The first-order valence-corrected chi connectivity index (χ1v) is 7.79. The molecule has 0 unspecified atom stereocenters. The van der Waals surface area contributed by atoms with E-state index in [1.54, 1.807) is 13.3 Å². The third-order valence-corrected chi connectivity index (χ3v) is 3.59. The molecule has 0 aliphatic carbocycles. The average molecular weight is 371 g/mol. The zero-order valence-corrected chi connectivity index (χ0v) is 14.0. The van der Waals surface area contributed by atoms with Crippen LogP contribution in [0.5, 0.6) is 5.75 Å². The second-order valence-electron chi connectivity index (χ2n) is 4.75. The molecule has 0 radical (unpaired) electrons. The molecule has 0 saturated carbocycles. The van der Waals surface area contributed by atoms with Crippen LogP contribution in [0.3, 0.4) is 0 Å². The molecule has 116 valence electrons. The maximum absolute atomic E-state index is 5.15. The van der Waals surface area contributed by atoms with Gasteiger partial charge in [-0.1, -0.05) is 22.0 Å². The number of methoxy groups -OCH3 is 1. The summed E-state index contributed by atoms with van der Waals surface area (Å²) in [5, 5.41) is 6.41. The molecule has 0 amide bonds. The number of hydrogen-bond acceptors (Lipinski definition) is 5. The van der Waals surface area contributed by atoms with E-state index in [9.17, 15) is 0 Å². The van der Waals surface area contributed by atoms with Crippen molar-refractivity contribution in [2.75, 3.05) is 17.7 Å². The highest BCUT2D eigenvalue weighted by Gasteiger charge is 2.02. The van der Waals surface area contributed by atoms with Gasteiger partial charge in [0, 0.05) is 22.0 Å². The predicted molar refractivity (Wildman–Crippen MR) is 95.7 cm³/mol. The summed E-state index contributed by atoms with van der Waals surface area (Å²) in [5.74, 6) is 2.06. The van der Waals surface area contributed by atoms with Gasteiger partial charge in [0.15, 0.2) is 0 Å².